The second-order valence-electron chi connectivity index (χ2n) is 9.25. The summed E-state index contributed by atoms with van der Waals surface area (Å²) >= 11 is 1.75. The smallest absolute Gasteiger partial charge is 0.328 e. The number of carbonyl (C=O) groups is 1. The molecule has 0 unspecified atom stereocenters. The Kier molecular flexibility index (Phi) is 5.42. The average Bonchev–Trinajstić information content (AvgIpc) is 3.04. The van der Waals surface area contributed by atoms with Crippen molar-refractivity contribution < 1.29 is 9.90 Å². The van der Waals surface area contributed by atoms with E-state index in [1.807, 2.05) is 19.1 Å². The highest BCUT2D eigenvalue weighted by Crippen LogP contribution is 2.48. The summed E-state index contributed by atoms with van der Waals surface area (Å²) in [6.07, 6.45) is 7.55. The summed E-state index contributed by atoms with van der Waals surface area (Å²) in [6.45, 7) is 13.4. The summed E-state index contributed by atoms with van der Waals surface area (Å²) < 4.78 is 0. The van der Waals surface area contributed by atoms with Gasteiger partial charge in [-0.05, 0) is 88.4 Å². The Morgan fingerprint density at radius 1 is 1.11 bits per heavy atom. The first-order valence-electron chi connectivity index (χ1n) is 9.84. The van der Waals surface area contributed by atoms with Crippen molar-refractivity contribution >= 4 is 23.4 Å². The number of carboxylic acids is 1. The van der Waals surface area contributed by atoms with Gasteiger partial charge in [-0.1, -0.05) is 45.9 Å². The highest BCUT2D eigenvalue weighted by atomic mass is 32.1. The number of benzene rings is 1. The van der Waals surface area contributed by atoms with Crippen LogP contribution in [-0.2, 0) is 15.6 Å². The molecule has 1 aromatic heterocycles. The van der Waals surface area contributed by atoms with Crippen molar-refractivity contribution in [3.05, 3.63) is 63.6 Å². The Bertz CT molecular complexity index is 970. The topological polar surface area (TPSA) is 37.3 Å². The van der Waals surface area contributed by atoms with Gasteiger partial charge in [-0.2, -0.15) is 0 Å². The molecule has 1 aliphatic carbocycles. The summed E-state index contributed by atoms with van der Waals surface area (Å²) in [7, 11) is 0. The Labute approximate surface area is 172 Å². The lowest BCUT2D eigenvalue weighted by Crippen LogP contribution is -2.34. The quantitative estimate of drug-likeness (QED) is 0.443. The lowest BCUT2D eigenvalue weighted by molar-refractivity contribution is -0.131. The van der Waals surface area contributed by atoms with Gasteiger partial charge in [-0.25, -0.2) is 4.79 Å². The molecule has 0 saturated carbocycles. The summed E-state index contributed by atoms with van der Waals surface area (Å²) in [5, 5.41) is 11.0. The minimum atomic E-state index is -0.914. The van der Waals surface area contributed by atoms with Crippen LogP contribution < -0.4 is 0 Å². The Morgan fingerprint density at radius 3 is 2.32 bits per heavy atom. The molecule has 0 atom stereocenters. The van der Waals surface area contributed by atoms with E-state index in [9.17, 15) is 4.79 Å². The monoisotopic (exact) mass is 394 g/mol. The molecule has 0 radical (unpaired) electrons. The number of allylic oxidation sites excluding steroid dienone is 2. The first-order valence-corrected chi connectivity index (χ1v) is 10.7. The van der Waals surface area contributed by atoms with E-state index < -0.39 is 5.97 Å². The van der Waals surface area contributed by atoms with Crippen LogP contribution in [-0.4, -0.2) is 11.1 Å². The number of aliphatic carboxylic acids is 1. The van der Waals surface area contributed by atoms with Crippen molar-refractivity contribution in [2.75, 3.05) is 0 Å². The fourth-order valence-corrected chi connectivity index (χ4v) is 5.07. The van der Waals surface area contributed by atoms with Crippen molar-refractivity contribution in [3.8, 4) is 10.4 Å². The second-order valence-corrected chi connectivity index (χ2v) is 10.2. The molecule has 28 heavy (non-hydrogen) atoms. The van der Waals surface area contributed by atoms with Gasteiger partial charge < -0.3 is 5.11 Å². The highest BCUT2D eigenvalue weighted by molar-refractivity contribution is 7.13. The number of hydrogen-bond acceptors (Lipinski definition) is 2. The van der Waals surface area contributed by atoms with Crippen LogP contribution in [0.5, 0.6) is 0 Å². The van der Waals surface area contributed by atoms with Crippen LogP contribution in [0.15, 0.2) is 41.3 Å². The molecule has 0 saturated heterocycles. The lowest BCUT2D eigenvalue weighted by Gasteiger charge is -2.42. The first kappa shape index (κ1) is 20.6. The van der Waals surface area contributed by atoms with Crippen molar-refractivity contribution in [2.24, 2.45) is 0 Å². The summed E-state index contributed by atoms with van der Waals surface area (Å²) in [5.74, 6) is -0.914. The summed E-state index contributed by atoms with van der Waals surface area (Å²) in [5.41, 5.74) is 7.81. The molecular formula is C25H30O2S. The van der Waals surface area contributed by atoms with E-state index in [-0.39, 0.29) is 10.8 Å². The van der Waals surface area contributed by atoms with E-state index in [4.69, 9.17) is 5.11 Å². The molecule has 0 spiro atoms. The zero-order chi connectivity index (χ0) is 20.7. The van der Waals surface area contributed by atoms with E-state index in [1.165, 1.54) is 46.0 Å². The van der Waals surface area contributed by atoms with Gasteiger partial charge in [0, 0.05) is 11.0 Å². The minimum Gasteiger partial charge on any atom is -0.478 e. The van der Waals surface area contributed by atoms with E-state index in [0.29, 0.717) is 0 Å². The van der Waals surface area contributed by atoms with E-state index in [1.54, 1.807) is 11.3 Å². The highest BCUT2D eigenvalue weighted by Gasteiger charge is 2.37. The zero-order valence-corrected chi connectivity index (χ0v) is 18.5. The fourth-order valence-electron chi connectivity index (χ4n) is 4.10. The number of aryl methyl sites for hydroxylation is 1. The largest absolute Gasteiger partial charge is 0.478 e. The fraction of sp³-hybridized carbons (Fsp3) is 0.400. The molecule has 1 N–H and O–H groups in total. The second kappa shape index (κ2) is 7.36. The number of fused-ring (bicyclic) bond motifs is 1. The maximum atomic E-state index is 10.8. The zero-order valence-electron chi connectivity index (χ0n) is 17.7. The molecule has 2 nitrogen and oxygen atoms in total. The molecule has 3 rings (SSSR count). The van der Waals surface area contributed by atoms with Crippen LogP contribution in [0.3, 0.4) is 0 Å². The Morgan fingerprint density at radius 2 is 1.71 bits per heavy atom. The molecule has 3 heteroatoms. The van der Waals surface area contributed by atoms with Gasteiger partial charge in [0.05, 0.1) is 0 Å². The SMILES string of the molecule is CC(C=Cc1ccsc1-c1cc2c(cc1C)C(C)(C)CCC2(C)C)=CC(=O)O. The van der Waals surface area contributed by atoms with E-state index >= 15 is 0 Å². The van der Waals surface area contributed by atoms with Crippen LogP contribution in [0.2, 0.25) is 0 Å². The van der Waals surface area contributed by atoms with Crippen LogP contribution >= 0.6 is 11.3 Å². The van der Waals surface area contributed by atoms with Crippen molar-refractivity contribution in [1.82, 2.24) is 0 Å². The van der Waals surface area contributed by atoms with Gasteiger partial charge in [-0.3, -0.25) is 0 Å². The molecule has 0 bridgehead atoms. The van der Waals surface area contributed by atoms with Gasteiger partial charge in [0.15, 0.2) is 0 Å². The van der Waals surface area contributed by atoms with E-state index in [2.05, 4.69) is 58.2 Å². The van der Waals surface area contributed by atoms with Crippen molar-refractivity contribution in [1.29, 1.82) is 0 Å². The number of thiophene rings is 1. The summed E-state index contributed by atoms with van der Waals surface area (Å²) in [6, 6.07) is 6.92. The molecule has 0 fully saturated rings. The van der Waals surface area contributed by atoms with Crippen LogP contribution in [0.25, 0.3) is 16.5 Å². The van der Waals surface area contributed by atoms with Crippen LogP contribution in [0, 0.1) is 6.92 Å². The third kappa shape index (κ3) is 4.00. The first-order chi connectivity index (χ1) is 13.0. The van der Waals surface area contributed by atoms with Crippen LogP contribution in [0.4, 0.5) is 0 Å². The molecule has 1 heterocycles. The third-order valence-electron chi connectivity index (χ3n) is 6.02. The number of carboxylic acid groups (broad SMARTS) is 1. The van der Waals surface area contributed by atoms with E-state index in [0.717, 1.165) is 11.1 Å². The third-order valence-corrected chi connectivity index (χ3v) is 6.98. The standard InChI is InChI=1S/C25H30O2S/c1-16(13-22(26)27)7-8-18-9-12-28-23(18)19-15-21-20(14-17(19)2)24(3,4)10-11-25(21,5)6/h7-9,12-15H,10-11H2,1-6H3,(H,26,27). The average molecular weight is 395 g/mol. The van der Waals surface area contributed by atoms with Gasteiger partial charge in [0.2, 0.25) is 0 Å². The maximum absolute atomic E-state index is 10.8. The molecule has 1 aromatic carbocycles. The van der Waals surface area contributed by atoms with Crippen molar-refractivity contribution in [3.63, 3.8) is 0 Å². The number of hydrogen-bond donors (Lipinski definition) is 1. The molecule has 0 aliphatic heterocycles. The Hall–Kier alpha value is -2.13. The van der Waals surface area contributed by atoms with Crippen LogP contribution in [0.1, 0.15) is 69.7 Å². The van der Waals surface area contributed by atoms with Gasteiger partial charge >= 0.3 is 5.97 Å². The molecule has 1 aliphatic rings. The lowest BCUT2D eigenvalue weighted by atomic mass is 9.62. The summed E-state index contributed by atoms with van der Waals surface area (Å²) in [4.78, 5) is 12.1. The molecular weight excluding hydrogens is 364 g/mol. The van der Waals surface area contributed by atoms with Crippen molar-refractivity contribution in [2.45, 2.75) is 65.2 Å². The molecule has 148 valence electrons. The van der Waals surface area contributed by atoms with Gasteiger partial charge in [0.1, 0.15) is 0 Å². The number of rotatable bonds is 4. The molecule has 0 amide bonds. The maximum Gasteiger partial charge on any atom is 0.328 e. The van der Waals surface area contributed by atoms with Gasteiger partial charge in [0.25, 0.3) is 0 Å². The predicted molar refractivity (Wildman–Crippen MR) is 120 cm³/mol. The minimum absolute atomic E-state index is 0.182. The predicted octanol–water partition coefficient (Wildman–Crippen LogP) is 7.12. The normalized spacial score (nSPS) is 18.3. The van der Waals surface area contributed by atoms with Gasteiger partial charge in [-0.15, -0.1) is 11.3 Å². The molecule has 2 aromatic rings. The Balaban J connectivity index is 2.09.